The van der Waals surface area contributed by atoms with E-state index in [9.17, 15) is 5.26 Å². The zero-order valence-electron chi connectivity index (χ0n) is 24.3. The minimum absolute atomic E-state index is 0.0528. The van der Waals surface area contributed by atoms with Gasteiger partial charge in [0.2, 0.25) is 5.69 Å². The van der Waals surface area contributed by atoms with Gasteiger partial charge in [0.15, 0.2) is 6.20 Å². The zero-order chi connectivity index (χ0) is 27.7. The Morgan fingerprint density at radius 3 is 2.60 bits per heavy atom. The minimum Gasteiger partial charge on any atom is -0.454 e. The number of aryl methyl sites for hydroxylation is 3. The lowest BCUT2D eigenvalue weighted by Crippen LogP contribution is -2.31. The van der Waals surface area contributed by atoms with Gasteiger partial charge in [0, 0.05) is 32.1 Å². The largest absolute Gasteiger partial charge is 0.454 e. The molecular weight excluding hydrogens is 368 g/mol. The summed E-state index contributed by atoms with van der Waals surface area (Å²) in [6.07, 6.45) is 1.55. The number of aromatic nitrogens is 1. The number of pyridine rings is 1. The molecule has 0 atom stereocenters. The van der Waals surface area contributed by atoms with Crippen LogP contribution < -0.4 is 4.57 Å². The molecule has 0 saturated heterocycles. The van der Waals surface area contributed by atoms with E-state index in [0.29, 0.717) is 27.6 Å². The summed E-state index contributed by atoms with van der Waals surface area (Å²) in [4.78, 5) is 0. The fourth-order valence-electron chi connectivity index (χ4n) is 3.86. The Balaban J connectivity index is 1.90. The van der Waals surface area contributed by atoms with Gasteiger partial charge in [-0.05, 0) is 43.1 Å². The molecule has 0 saturated carbocycles. The van der Waals surface area contributed by atoms with E-state index < -0.39 is 37.1 Å². The molecule has 0 N–H and O–H groups in total. The Morgan fingerprint density at radius 1 is 1.03 bits per heavy atom. The highest BCUT2D eigenvalue weighted by molar-refractivity contribution is 6.13. The standard InChI is InChI=1S/C27H21N2O/c1-17-9-12-24(29(3)16-17)25-18(2)10-11-21-23-14-19(15-28)13-22(26(23)30-27(21)25)20-7-5-4-6-8-20/h4-14,16H,1-3H3/q+1/i1D3,4D,5D,6D,7D,8D. The molecule has 5 aromatic rings. The second-order valence-corrected chi connectivity index (χ2v) is 7.16. The smallest absolute Gasteiger partial charge is 0.216 e. The molecule has 30 heavy (non-hydrogen) atoms. The summed E-state index contributed by atoms with van der Waals surface area (Å²) in [6.45, 7) is -0.361. The van der Waals surface area contributed by atoms with Crippen LogP contribution in [0.1, 0.15) is 27.7 Å². The molecule has 3 aromatic carbocycles. The maximum atomic E-state index is 9.75. The third-order valence-corrected chi connectivity index (χ3v) is 5.24. The quantitative estimate of drug-likeness (QED) is 0.331. The summed E-state index contributed by atoms with van der Waals surface area (Å²) >= 11 is 0. The van der Waals surface area contributed by atoms with Crippen LogP contribution in [0.25, 0.3) is 44.3 Å². The van der Waals surface area contributed by atoms with Crippen molar-refractivity contribution in [1.29, 1.82) is 5.26 Å². The fourth-order valence-corrected chi connectivity index (χ4v) is 3.86. The molecule has 0 fully saturated rings. The Bertz CT molecular complexity index is 1820. The summed E-state index contributed by atoms with van der Waals surface area (Å²) in [6, 6.07) is 9.98. The molecule has 2 aromatic heterocycles. The highest BCUT2D eigenvalue weighted by atomic mass is 16.3. The van der Waals surface area contributed by atoms with Gasteiger partial charge in [0.25, 0.3) is 0 Å². The molecule has 2 heterocycles. The van der Waals surface area contributed by atoms with Gasteiger partial charge >= 0.3 is 0 Å². The van der Waals surface area contributed by atoms with Crippen LogP contribution in [0, 0.1) is 25.1 Å². The van der Waals surface area contributed by atoms with E-state index in [-0.39, 0.29) is 27.8 Å². The summed E-state index contributed by atoms with van der Waals surface area (Å²) in [5, 5.41) is 11.0. The van der Waals surface area contributed by atoms with Gasteiger partial charge in [-0.2, -0.15) is 5.26 Å². The van der Waals surface area contributed by atoms with Crippen LogP contribution in [-0.2, 0) is 7.05 Å². The molecule has 144 valence electrons. The van der Waals surface area contributed by atoms with E-state index in [4.69, 9.17) is 15.4 Å². The van der Waals surface area contributed by atoms with Gasteiger partial charge in [-0.15, -0.1) is 0 Å². The maximum Gasteiger partial charge on any atom is 0.216 e. The SMILES string of the molecule is [2H]c1c([2H])c([2H])c(-c2cc(C#N)cc3c2oc2c(-c4ccc(C([2H])([2H])[2H])c[n+]4C)c(C)ccc23)c([2H])c1[2H]. The van der Waals surface area contributed by atoms with Gasteiger partial charge in [-0.3, -0.25) is 0 Å². The molecule has 0 bridgehead atoms. The zero-order valence-corrected chi connectivity index (χ0v) is 16.3. The van der Waals surface area contributed by atoms with Crippen molar-refractivity contribution in [3.8, 4) is 28.5 Å². The van der Waals surface area contributed by atoms with E-state index in [1.807, 2.05) is 19.1 Å². The molecule has 0 unspecified atom stereocenters. The van der Waals surface area contributed by atoms with E-state index in [2.05, 4.69) is 6.07 Å². The average molecular weight is 398 g/mol. The van der Waals surface area contributed by atoms with Crippen LogP contribution >= 0.6 is 0 Å². The minimum atomic E-state index is -2.26. The molecule has 0 amide bonds. The molecule has 5 rings (SSSR count). The molecule has 0 spiro atoms. The number of nitriles is 1. The first-order chi connectivity index (χ1) is 17.8. The summed E-state index contributed by atoms with van der Waals surface area (Å²) < 4.78 is 72.4. The summed E-state index contributed by atoms with van der Waals surface area (Å²) in [5.41, 5.74) is 3.64. The number of hydrogen-bond donors (Lipinski definition) is 0. The Hall–Kier alpha value is -3.90. The summed E-state index contributed by atoms with van der Waals surface area (Å²) in [7, 11) is 1.75. The van der Waals surface area contributed by atoms with Crippen molar-refractivity contribution < 1.29 is 20.0 Å². The molecular formula is C27H21N2O+. The van der Waals surface area contributed by atoms with Crippen LogP contribution in [0.2, 0.25) is 0 Å². The molecule has 0 radical (unpaired) electrons. The molecule has 3 nitrogen and oxygen atoms in total. The lowest BCUT2D eigenvalue weighted by molar-refractivity contribution is -0.660. The van der Waals surface area contributed by atoms with Crippen LogP contribution in [0.4, 0.5) is 0 Å². The first kappa shape index (κ1) is 11.3. The predicted molar refractivity (Wildman–Crippen MR) is 120 cm³/mol. The lowest BCUT2D eigenvalue weighted by Gasteiger charge is -2.05. The monoisotopic (exact) mass is 397 g/mol. The number of benzene rings is 3. The van der Waals surface area contributed by atoms with E-state index in [1.165, 1.54) is 6.07 Å². The predicted octanol–water partition coefficient (Wildman–Crippen LogP) is 6.23. The highest BCUT2D eigenvalue weighted by Gasteiger charge is 2.22. The molecule has 3 heteroatoms. The number of fused-ring (bicyclic) bond motifs is 3. The van der Waals surface area contributed by atoms with E-state index >= 15 is 0 Å². The third-order valence-electron chi connectivity index (χ3n) is 5.24. The van der Waals surface area contributed by atoms with Crippen molar-refractivity contribution in [2.45, 2.75) is 13.8 Å². The molecule has 0 aliphatic heterocycles. The van der Waals surface area contributed by atoms with Crippen molar-refractivity contribution in [1.82, 2.24) is 0 Å². The van der Waals surface area contributed by atoms with Crippen LogP contribution in [-0.4, -0.2) is 0 Å². The second-order valence-electron chi connectivity index (χ2n) is 7.16. The van der Waals surface area contributed by atoms with Gasteiger partial charge in [-0.25, -0.2) is 4.57 Å². The summed E-state index contributed by atoms with van der Waals surface area (Å²) in [5.74, 6) is 0. The van der Waals surface area contributed by atoms with E-state index in [1.54, 1.807) is 36.0 Å². The van der Waals surface area contributed by atoms with E-state index in [0.717, 1.165) is 5.56 Å². The van der Waals surface area contributed by atoms with Gasteiger partial charge in [-0.1, -0.05) is 42.3 Å². The number of hydrogen-bond acceptors (Lipinski definition) is 2. The third kappa shape index (κ3) is 2.77. The Labute approximate surface area is 186 Å². The van der Waals surface area contributed by atoms with Crippen molar-refractivity contribution in [2.75, 3.05) is 0 Å². The highest BCUT2D eigenvalue weighted by Crippen LogP contribution is 2.41. The first-order valence-electron chi connectivity index (χ1n) is 13.3. The van der Waals surface area contributed by atoms with Gasteiger partial charge in [0.05, 0.1) is 24.0 Å². The maximum absolute atomic E-state index is 9.75. The molecule has 0 aliphatic rings. The number of nitrogens with zero attached hydrogens (tertiary/aromatic N) is 2. The van der Waals surface area contributed by atoms with Gasteiger partial charge in [0.1, 0.15) is 18.2 Å². The first-order valence-corrected chi connectivity index (χ1v) is 9.33. The number of furan rings is 1. The normalized spacial score (nSPS) is 15.4. The van der Waals surface area contributed by atoms with Crippen molar-refractivity contribution in [3.63, 3.8) is 0 Å². The van der Waals surface area contributed by atoms with Gasteiger partial charge < -0.3 is 4.42 Å². The Kier molecular flexibility index (Phi) is 2.59. The Morgan fingerprint density at radius 2 is 1.87 bits per heavy atom. The molecule has 0 aliphatic carbocycles. The second kappa shape index (κ2) is 6.86. The van der Waals surface area contributed by atoms with Crippen LogP contribution in [0.15, 0.2) is 77.2 Å². The lowest BCUT2D eigenvalue weighted by atomic mass is 9.97. The average Bonchev–Trinajstić information content (AvgIpc) is 3.24. The number of rotatable bonds is 2. The van der Waals surface area contributed by atoms with Crippen molar-refractivity contribution in [3.05, 3.63) is 89.5 Å². The van der Waals surface area contributed by atoms with Crippen molar-refractivity contribution >= 4 is 21.9 Å². The van der Waals surface area contributed by atoms with Crippen LogP contribution in [0.5, 0.6) is 0 Å². The fraction of sp³-hybridized carbons (Fsp3) is 0.111. The van der Waals surface area contributed by atoms with Crippen molar-refractivity contribution in [2.24, 2.45) is 7.05 Å². The topological polar surface area (TPSA) is 40.8 Å². The van der Waals surface area contributed by atoms with Crippen LogP contribution in [0.3, 0.4) is 0 Å².